The summed E-state index contributed by atoms with van der Waals surface area (Å²) in [6.45, 7) is 17.7. The van der Waals surface area contributed by atoms with Gasteiger partial charge in [0.05, 0.1) is 0 Å². The zero-order valence-corrected chi connectivity index (χ0v) is 28.3. The van der Waals surface area contributed by atoms with Crippen LogP contribution >= 0.6 is 0 Å². The van der Waals surface area contributed by atoms with Gasteiger partial charge in [-0.05, 0) is 0 Å². The Hall–Kier alpha value is -1.23. The van der Waals surface area contributed by atoms with Gasteiger partial charge in [-0.15, -0.1) is 0 Å². The third-order valence-corrected chi connectivity index (χ3v) is 20.5. The van der Waals surface area contributed by atoms with E-state index in [0.29, 0.717) is 13.2 Å². The number of ether oxygens (including phenoxy) is 2. The topological polar surface area (TPSA) is 50.8 Å². The van der Waals surface area contributed by atoms with Crippen molar-refractivity contribution in [2.75, 3.05) is 6.61 Å². The van der Waals surface area contributed by atoms with E-state index in [4.69, 9.17) is 9.47 Å². The Morgan fingerprint density at radius 1 is 1.08 bits per heavy atom. The predicted octanol–water partition coefficient (Wildman–Crippen LogP) is 7.91. The summed E-state index contributed by atoms with van der Waals surface area (Å²) in [6, 6.07) is 10.0. The molecule has 2 rings (SSSR count). The van der Waals surface area contributed by atoms with E-state index in [9.17, 15) is 4.79 Å². The molecule has 1 amide bonds. The second-order valence-corrected chi connectivity index (χ2v) is 24.7. The van der Waals surface area contributed by atoms with E-state index in [1.807, 2.05) is 40.7 Å². The van der Waals surface area contributed by atoms with Gasteiger partial charge in [-0.3, -0.25) is 0 Å². The van der Waals surface area contributed by atoms with E-state index in [1.165, 1.54) is 57.4 Å². The summed E-state index contributed by atoms with van der Waals surface area (Å²) in [5.41, 5.74) is -0.127. The Bertz CT molecular complexity index is 879. The minimum atomic E-state index is -2.70. The fourth-order valence-corrected chi connectivity index (χ4v) is 18.5. The third kappa shape index (κ3) is 10.4. The van der Waals surface area contributed by atoms with E-state index in [1.54, 1.807) is 4.90 Å². The molecule has 1 saturated heterocycles. The quantitative estimate of drug-likeness (QED) is 0.177. The molecule has 0 unspecified atom stereocenters. The Morgan fingerprint density at radius 2 is 1.63 bits per heavy atom. The molecule has 1 aliphatic rings. The Kier molecular flexibility index (Phi) is 13.5. The van der Waals surface area contributed by atoms with E-state index in [-0.39, 0.29) is 18.2 Å². The first-order chi connectivity index (χ1) is 18.0. The van der Waals surface area contributed by atoms with Crippen molar-refractivity contribution in [3.63, 3.8) is 0 Å². The van der Waals surface area contributed by atoms with Crippen LogP contribution in [0.15, 0.2) is 30.3 Å². The Balaban J connectivity index is 2.48. The zero-order chi connectivity index (χ0) is 28.2. The van der Waals surface area contributed by atoms with Crippen molar-refractivity contribution in [1.82, 2.24) is 10.2 Å². The average molecular weight is 634 g/mol. The number of rotatable bonds is 13. The van der Waals surface area contributed by atoms with Crippen LogP contribution in [0.2, 0.25) is 13.3 Å². The van der Waals surface area contributed by atoms with Gasteiger partial charge in [0.1, 0.15) is 0 Å². The van der Waals surface area contributed by atoms with Crippen LogP contribution in [0.3, 0.4) is 0 Å². The van der Waals surface area contributed by atoms with Crippen molar-refractivity contribution < 1.29 is 14.3 Å². The number of carbonyl (C=O) groups is 1. The van der Waals surface area contributed by atoms with Crippen molar-refractivity contribution in [1.29, 1.82) is 0 Å². The van der Waals surface area contributed by atoms with Gasteiger partial charge in [-0.25, -0.2) is 0 Å². The normalized spacial score (nSPS) is 18.1. The summed E-state index contributed by atoms with van der Waals surface area (Å²) in [4.78, 5) is 15.2. The van der Waals surface area contributed by atoms with Crippen LogP contribution in [0.1, 0.15) is 99.5 Å². The van der Waals surface area contributed by atoms with E-state index >= 15 is 0 Å². The molecule has 0 saturated carbocycles. The molecular formula is C32H54N2O3Sn. The molecule has 5 nitrogen and oxygen atoms in total. The van der Waals surface area contributed by atoms with Gasteiger partial charge in [0.25, 0.3) is 0 Å². The Morgan fingerprint density at radius 3 is 2.13 bits per heavy atom. The maximum atomic E-state index is 13.5. The molecule has 214 valence electrons. The summed E-state index contributed by atoms with van der Waals surface area (Å²) in [7, 11) is 0. The minimum absolute atomic E-state index is 0.189. The van der Waals surface area contributed by atoms with Crippen LogP contribution < -0.4 is 5.32 Å². The van der Waals surface area contributed by atoms with Crippen molar-refractivity contribution in [2.45, 2.75) is 137 Å². The molecule has 0 radical (unpaired) electrons. The summed E-state index contributed by atoms with van der Waals surface area (Å²) >= 11 is -2.70. The molecule has 0 spiro atoms. The van der Waals surface area contributed by atoms with Gasteiger partial charge in [0.2, 0.25) is 0 Å². The molecule has 6 heteroatoms. The van der Waals surface area contributed by atoms with E-state index < -0.39 is 29.7 Å². The first kappa shape index (κ1) is 33.0. The number of unbranched alkanes of at least 4 members (excludes halogenated alkanes) is 3. The first-order valence-corrected chi connectivity index (χ1v) is 22.4. The second kappa shape index (κ2) is 15.5. The molecule has 1 heterocycles. The third-order valence-electron chi connectivity index (χ3n) is 7.38. The van der Waals surface area contributed by atoms with Gasteiger partial charge < -0.3 is 0 Å². The molecule has 1 aromatic carbocycles. The van der Waals surface area contributed by atoms with Gasteiger partial charge in [0.15, 0.2) is 0 Å². The fraction of sp³-hybridized carbons (Fsp3) is 0.719. The molecule has 2 atom stereocenters. The van der Waals surface area contributed by atoms with Crippen LogP contribution in [0.4, 0.5) is 4.79 Å². The van der Waals surface area contributed by atoms with Crippen LogP contribution in [0.5, 0.6) is 0 Å². The van der Waals surface area contributed by atoms with E-state index in [2.05, 4.69) is 60.2 Å². The number of carbonyl (C=O) groups excluding carboxylic acids is 1. The molecule has 0 bridgehead atoms. The van der Waals surface area contributed by atoms with Crippen molar-refractivity contribution in [3.8, 4) is 9.86 Å². The van der Waals surface area contributed by atoms with Crippen LogP contribution in [-0.4, -0.2) is 59.4 Å². The first-order valence-electron chi connectivity index (χ1n) is 14.9. The van der Waals surface area contributed by atoms with Gasteiger partial charge >= 0.3 is 238 Å². The molecule has 1 N–H and O–H groups in total. The molecule has 0 aromatic heterocycles. The van der Waals surface area contributed by atoms with Gasteiger partial charge in [-0.1, -0.05) is 0 Å². The van der Waals surface area contributed by atoms with Crippen molar-refractivity contribution in [2.24, 2.45) is 0 Å². The van der Waals surface area contributed by atoms with Gasteiger partial charge in [-0.2, -0.15) is 0 Å². The second-order valence-electron chi connectivity index (χ2n) is 12.4. The van der Waals surface area contributed by atoms with Gasteiger partial charge in [0, 0.05) is 0 Å². The fourth-order valence-electron chi connectivity index (χ4n) is 5.19. The van der Waals surface area contributed by atoms with Crippen molar-refractivity contribution >= 4 is 24.5 Å². The summed E-state index contributed by atoms with van der Waals surface area (Å²) in [5, 5.41) is 3.73. The molecule has 1 aliphatic heterocycles. The predicted molar refractivity (Wildman–Crippen MR) is 162 cm³/mol. The molecule has 38 heavy (non-hydrogen) atoms. The maximum absolute atomic E-state index is 13.5. The van der Waals surface area contributed by atoms with E-state index in [0.717, 1.165) is 0 Å². The number of benzene rings is 1. The summed E-state index contributed by atoms with van der Waals surface area (Å²) in [5.74, 6) is 3.79. The number of nitrogens with zero attached hydrogens (tertiary/aromatic N) is 1. The molecule has 0 aliphatic carbocycles. The number of amides is 1. The zero-order valence-electron chi connectivity index (χ0n) is 25.5. The van der Waals surface area contributed by atoms with Crippen LogP contribution in [0.25, 0.3) is 0 Å². The Labute approximate surface area is 237 Å². The van der Waals surface area contributed by atoms with Crippen LogP contribution in [-0.2, 0) is 16.0 Å². The summed E-state index contributed by atoms with van der Waals surface area (Å²) in [6.07, 6.45) is 7.19. The molecule has 1 aromatic rings. The summed E-state index contributed by atoms with van der Waals surface area (Å²) < 4.78 is 20.1. The average Bonchev–Trinajstić information content (AvgIpc) is 3.19. The SMILES string of the molecule is CCC[CH2][Sn]([C]#C[C@H](NCc1ccccc1)[C@@H]1COC(C)(C)N1C(=O)OC(C)(C)C)([CH2]CCC)[CH2]CCC. The number of hydrogen-bond acceptors (Lipinski definition) is 4. The molecular weight excluding hydrogens is 579 g/mol. The standard InChI is InChI=1S/C20H27N2O3.3C4H9.Sn/c1-7-16(21-13-15-11-9-8-10-12-15)17-14-24-20(5,6)22(17)18(23)25-19(2,3)4;3*1-3-4-2;/h8-12,16-17,21H,13-14H2,2-6H3;3*1,3-4H2,2H3;/t16-,17-;;;;/m0..../s1. The van der Waals surface area contributed by atoms with Crippen molar-refractivity contribution in [3.05, 3.63) is 35.9 Å². The molecule has 1 fully saturated rings. The monoisotopic (exact) mass is 634 g/mol. The van der Waals surface area contributed by atoms with Crippen LogP contribution in [0, 0.1) is 9.86 Å². The number of nitrogens with one attached hydrogen (secondary N) is 1. The number of hydrogen-bond donors (Lipinski definition) is 1.